The molecule has 1 rings (SSSR count). The van der Waals surface area contributed by atoms with Crippen LogP contribution in [0.1, 0.15) is 6.92 Å². The van der Waals surface area contributed by atoms with Crippen LogP contribution in [0.2, 0.25) is 0 Å². The molecule has 0 spiro atoms. The van der Waals surface area contributed by atoms with E-state index in [2.05, 4.69) is 5.32 Å². The molecule has 0 radical (unpaired) electrons. The minimum atomic E-state index is -0.654. The van der Waals surface area contributed by atoms with E-state index in [4.69, 9.17) is 4.74 Å². The van der Waals surface area contributed by atoms with E-state index < -0.39 is 5.60 Å². The first-order valence-electron chi connectivity index (χ1n) is 4.68. The molecule has 1 unspecified atom stereocenters. The molecule has 0 aliphatic carbocycles. The van der Waals surface area contributed by atoms with Crippen LogP contribution < -0.4 is 5.32 Å². The van der Waals surface area contributed by atoms with E-state index in [-0.39, 0.29) is 0 Å². The summed E-state index contributed by atoms with van der Waals surface area (Å²) in [5, 5.41) is 13.2. The van der Waals surface area contributed by atoms with E-state index in [0.717, 1.165) is 13.2 Å². The zero-order valence-corrected chi connectivity index (χ0v) is 8.71. The Hall–Kier alpha value is -0.160. The minimum Gasteiger partial charge on any atom is -0.388 e. The van der Waals surface area contributed by atoms with E-state index in [1.807, 2.05) is 25.9 Å². The summed E-state index contributed by atoms with van der Waals surface area (Å²) in [6, 6.07) is 0.439. The standard InChI is InChI=1S/C9H20N2O2/c1-9(12,7-11(2)3)6-10-8-4-13-5-8/h8,10,12H,4-7H2,1-3H3. The van der Waals surface area contributed by atoms with Gasteiger partial charge in [0.15, 0.2) is 0 Å². The third-order valence-electron chi connectivity index (χ3n) is 2.07. The number of nitrogens with one attached hydrogen (secondary N) is 1. The first-order valence-corrected chi connectivity index (χ1v) is 4.68. The SMILES string of the molecule is CN(C)CC(C)(O)CNC1COC1. The number of likely N-dealkylation sites (N-methyl/N-ethyl adjacent to an activating group) is 1. The van der Waals surface area contributed by atoms with Crippen LogP contribution in [0.3, 0.4) is 0 Å². The molecule has 4 heteroatoms. The maximum Gasteiger partial charge on any atom is 0.0869 e. The Morgan fingerprint density at radius 3 is 2.54 bits per heavy atom. The highest BCUT2D eigenvalue weighted by Gasteiger charge is 2.25. The summed E-state index contributed by atoms with van der Waals surface area (Å²) in [6.07, 6.45) is 0. The highest BCUT2D eigenvalue weighted by Crippen LogP contribution is 2.05. The molecule has 1 fully saturated rings. The van der Waals surface area contributed by atoms with Gasteiger partial charge in [0, 0.05) is 13.1 Å². The molecule has 2 N–H and O–H groups in total. The fourth-order valence-corrected chi connectivity index (χ4v) is 1.45. The van der Waals surface area contributed by atoms with Crippen LogP contribution in [-0.2, 0) is 4.74 Å². The zero-order valence-electron chi connectivity index (χ0n) is 8.71. The second kappa shape index (κ2) is 4.37. The molecule has 1 aliphatic heterocycles. The van der Waals surface area contributed by atoms with Gasteiger partial charge in [-0.05, 0) is 21.0 Å². The summed E-state index contributed by atoms with van der Waals surface area (Å²) in [6.45, 7) is 4.70. The summed E-state index contributed by atoms with van der Waals surface area (Å²) >= 11 is 0. The molecule has 13 heavy (non-hydrogen) atoms. The average Bonchev–Trinajstić information content (AvgIpc) is 1.79. The molecule has 0 aromatic carbocycles. The van der Waals surface area contributed by atoms with Crippen LogP contribution >= 0.6 is 0 Å². The predicted molar refractivity (Wildman–Crippen MR) is 51.8 cm³/mol. The molecule has 0 amide bonds. The van der Waals surface area contributed by atoms with Crippen molar-refractivity contribution in [1.29, 1.82) is 0 Å². The molecular formula is C9H20N2O2. The van der Waals surface area contributed by atoms with Gasteiger partial charge in [0.05, 0.1) is 24.9 Å². The smallest absolute Gasteiger partial charge is 0.0869 e. The van der Waals surface area contributed by atoms with Gasteiger partial charge >= 0.3 is 0 Å². The Morgan fingerprint density at radius 2 is 2.15 bits per heavy atom. The van der Waals surface area contributed by atoms with E-state index in [1.165, 1.54) is 0 Å². The normalized spacial score (nSPS) is 22.8. The quantitative estimate of drug-likeness (QED) is 0.598. The van der Waals surface area contributed by atoms with E-state index >= 15 is 0 Å². The van der Waals surface area contributed by atoms with Gasteiger partial charge in [0.1, 0.15) is 0 Å². The second-order valence-corrected chi connectivity index (χ2v) is 4.35. The highest BCUT2D eigenvalue weighted by molar-refractivity contribution is 4.82. The van der Waals surface area contributed by atoms with Gasteiger partial charge in [-0.15, -0.1) is 0 Å². The lowest BCUT2D eigenvalue weighted by molar-refractivity contribution is -0.0245. The maximum absolute atomic E-state index is 9.91. The van der Waals surface area contributed by atoms with Gasteiger partial charge in [0.25, 0.3) is 0 Å². The van der Waals surface area contributed by atoms with Crippen molar-refractivity contribution in [3.05, 3.63) is 0 Å². The van der Waals surface area contributed by atoms with E-state index in [9.17, 15) is 5.11 Å². The Labute approximate surface area is 79.9 Å². The molecule has 0 aromatic heterocycles. The molecule has 0 aromatic rings. The van der Waals surface area contributed by atoms with Crippen LogP contribution in [0.25, 0.3) is 0 Å². The molecule has 1 atom stereocenters. The van der Waals surface area contributed by atoms with E-state index in [0.29, 0.717) is 19.1 Å². The second-order valence-electron chi connectivity index (χ2n) is 4.35. The monoisotopic (exact) mass is 188 g/mol. The van der Waals surface area contributed by atoms with Crippen molar-refractivity contribution in [2.24, 2.45) is 0 Å². The molecule has 0 saturated carbocycles. The van der Waals surface area contributed by atoms with Gasteiger partial charge in [0.2, 0.25) is 0 Å². The summed E-state index contributed by atoms with van der Waals surface area (Å²) < 4.78 is 5.03. The average molecular weight is 188 g/mol. The molecule has 1 saturated heterocycles. The largest absolute Gasteiger partial charge is 0.388 e. The van der Waals surface area contributed by atoms with Gasteiger partial charge < -0.3 is 20.1 Å². The first kappa shape index (κ1) is 10.9. The summed E-state index contributed by atoms with van der Waals surface area (Å²) in [4.78, 5) is 1.99. The minimum absolute atomic E-state index is 0.439. The number of aliphatic hydroxyl groups is 1. The third-order valence-corrected chi connectivity index (χ3v) is 2.07. The lowest BCUT2D eigenvalue weighted by Crippen LogP contribution is -2.53. The van der Waals surface area contributed by atoms with Crippen molar-refractivity contribution < 1.29 is 9.84 Å². The number of hydrogen-bond donors (Lipinski definition) is 2. The number of ether oxygens (including phenoxy) is 1. The first-order chi connectivity index (χ1) is 5.99. The Bertz CT molecular complexity index is 156. The Morgan fingerprint density at radius 1 is 1.54 bits per heavy atom. The molecule has 0 bridgehead atoms. The Kier molecular flexibility index (Phi) is 3.67. The fraction of sp³-hybridized carbons (Fsp3) is 1.00. The highest BCUT2D eigenvalue weighted by atomic mass is 16.5. The van der Waals surface area contributed by atoms with Crippen molar-refractivity contribution in [3.63, 3.8) is 0 Å². The molecule has 4 nitrogen and oxygen atoms in total. The molecular weight excluding hydrogens is 168 g/mol. The fourth-order valence-electron chi connectivity index (χ4n) is 1.45. The summed E-state index contributed by atoms with van der Waals surface area (Å²) in [7, 11) is 3.92. The molecule has 78 valence electrons. The lowest BCUT2D eigenvalue weighted by atomic mass is 10.1. The van der Waals surface area contributed by atoms with Crippen LogP contribution in [0.15, 0.2) is 0 Å². The van der Waals surface area contributed by atoms with Crippen LogP contribution in [0.5, 0.6) is 0 Å². The van der Waals surface area contributed by atoms with Crippen LogP contribution in [-0.4, -0.2) is 62.0 Å². The summed E-state index contributed by atoms with van der Waals surface area (Å²) in [5.41, 5.74) is -0.654. The van der Waals surface area contributed by atoms with Crippen molar-refractivity contribution in [3.8, 4) is 0 Å². The summed E-state index contributed by atoms with van der Waals surface area (Å²) in [5.74, 6) is 0. The van der Waals surface area contributed by atoms with Gasteiger partial charge in [-0.3, -0.25) is 0 Å². The Balaban J connectivity index is 2.16. The predicted octanol–water partition coefficient (Wildman–Crippen LogP) is -0.713. The number of rotatable bonds is 5. The van der Waals surface area contributed by atoms with Gasteiger partial charge in [-0.25, -0.2) is 0 Å². The molecule has 1 aliphatic rings. The third kappa shape index (κ3) is 4.04. The maximum atomic E-state index is 9.91. The van der Waals surface area contributed by atoms with Gasteiger partial charge in [-0.2, -0.15) is 0 Å². The molecule has 1 heterocycles. The number of nitrogens with zero attached hydrogens (tertiary/aromatic N) is 1. The lowest BCUT2D eigenvalue weighted by Gasteiger charge is -2.32. The van der Waals surface area contributed by atoms with Crippen molar-refractivity contribution in [2.45, 2.75) is 18.6 Å². The number of hydrogen-bond acceptors (Lipinski definition) is 4. The van der Waals surface area contributed by atoms with Crippen molar-refractivity contribution >= 4 is 0 Å². The van der Waals surface area contributed by atoms with Crippen molar-refractivity contribution in [2.75, 3.05) is 40.4 Å². The van der Waals surface area contributed by atoms with Crippen LogP contribution in [0, 0.1) is 0 Å². The van der Waals surface area contributed by atoms with Gasteiger partial charge in [-0.1, -0.05) is 0 Å². The topological polar surface area (TPSA) is 44.7 Å². The van der Waals surface area contributed by atoms with Crippen LogP contribution in [0.4, 0.5) is 0 Å². The zero-order chi connectivity index (χ0) is 9.90. The van der Waals surface area contributed by atoms with E-state index in [1.54, 1.807) is 0 Å². The van der Waals surface area contributed by atoms with Crippen molar-refractivity contribution in [1.82, 2.24) is 10.2 Å².